The Morgan fingerprint density at radius 1 is 1.05 bits per heavy atom. The number of benzene rings is 1. The number of nitrogens with zero attached hydrogens (tertiary/aromatic N) is 4. The molecule has 43 heavy (non-hydrogen) atoms. The van der Waals surface area contributed by atoms with E-state index >= 15 is 0 Å². The van der Waals surface area contributed by atoms with Gasteiger partial charge in [-0.05, 0) is 86.0 Å². The summed E-state index contributed by atoms with van der Waals surface area (Å²) in [5, 5.41) is 19.2. The maximum Gasteiger partial charge on any atom is 0.224 e. The normalized spacial score (nSPS) is 18.1. The fourth-order valence-corrected chi connectivity index (χ4v) is 5.63. The van der Waals surface area contributed by atoms with Crippen LogP contribution < -0.4 is 26.5 Å². The van der Waals surface area contributed by atoms with E-state index in [1.54, 1.807) is 30.7 Å². The van der Waals surface area contributed by atoms with Crippen LogP contribution in [0.25, 0.3) is 51.5 Å². The van der Waals surface area contributed by atoms with Gasteiger partial charge in [-0.3, -0.25) is 19.9 Å². The van der Waals surface area contributed by atoms with Crippen molar-refractivity contribution in [3.8, 4) is 22.8 Å². The summed E-state index contributed by atoms with van der Waals surface area (Å²) in [5.74, 6) is 0.684. The van der Waals surface area contributed by atoms with E-state index in [0.717, 1.165) is 58.7 Å². The van der Waals surface area contributed by atoms with E-state index in [-0.39, 0.29) is 11.7 Å². The molecule has 5 aromatic rings. The quantitative estimate of drug-likeness (QED) is 0.210. The first-order valence-electron chi connectivity index (χ1n) is 14.4. The average Bonchev–Trinajstić information content (AvgIpc) is 3.61. The lowest BCUT2D eigenvalue weighted by Gasteiger charge is -2.21. The van der Waals surface area contributed by atoms with Crippen molar-refractivity contribution in [2.24, 2.45) is 5.92 Å². The minimum Gasteiger partial charge on any atom is -0.387 e. The van der Waals surface area contributed by atoms with Crippen molar-refractivity contribution in [1.82, 2.24) is 40.8 Å². The summed E-state index contributed by atoms with van der Waals surface area (Å²) in [6.45, 7) is 2.51. The van der Waals surface area contributed by atoms with Gasteiger partial charge >= 0.3 is 0 Å². The van der Waals surface area contributed by atoms with Gasteiger partial charge in [-0.1, -0.05) is 0 Å². The molecule has 5 N–H and O–H groups in total. The van der Waals surface area contributed by atoms with E-state index in [1.165, 1.54) is 12.1 Å². The Bertz CT molecular complexity index is 1950. The SMILES string of the molecule is O=C(CC1CCNCC1)Nc1cncc(C2=C\NC\C=c3/[nH]nc(-c4nc5c(-c6ccc(F)cc6)nccc5[nH]4)/c3=C/2)c1. The molecule has 0 radical (unpaired) electrons. The topological polar surface area (TPSA) is 136 Å². The molecule has 7 rings (SSSR count). The highest BCUT2D eigenvalue weighted by Gasteiger charge is 2.18. The lowest BCUT2D eigenvalue weighted by atomic mass is 9.94. The van der Waals surface area contributed by atoms with Crippen LogP contribution in [0.3, 0.4) is 0 Å². The molecule has 1 saturated heterocycles. The standard InChI is InChI=1S/C32H30FN9O/c33-23-3-1-20(2-4-23)29-31-27(8-12-37-29)39-32(40-31)30-25-15-22(16-35-11-7-26(25)41-42-30)21-14-24(18-36-17-21)38-28(43)13-19-5-9-34-10-6-19/h1-4,7-8,12,14-19,34-35,41H,5-6,9-11,13H2,(H,38,43)(H,39,40)/b22-16+,25-15+,26-7-. The van der Waals surface area contributed by atoms with Crippen LogP contribution in [0.5, 0.6) is 0 Å². The Morgan fingerprint density at radius 2 is 1.91 bits per heavy atom. The number of pyridine rings is 2. The van der Waals surface area contributed by atoms with Gasteiger partial charge in [0.25, 0.3) is 0 Å². The summed E-state index contributed by atoms with van der Waals surface area (Å²) >= 11 is 0. The predicted octanol–water partition coefficient (Wildman–Crippen LogP) is 3.08. The van der Waals surface area contributed by atoms with E-state index in [9.17, 15) is 9.18 Å². The van der Waals surface area contributed by atoms with Gasteiger partial charge in [0.05, 0.1) is 28.4 Å². The molecule has 216 valence electrons. The molecule has 2 aliphatic rings. The molecular formula is C32H30FN9O. The van der Waals surface area contributed by atoms with Gasteiger partial charge in [-0.2, -0.15) is 5.10 Å². The van der Waals surface area contributed by atoms with E-state index in [2.05, 4.69) is 41.1 Å². The summed E-state index contributed by atoms with van der Waals surface area (Å²) in [6.07, 6.45) is 13.7. The number of H-pyrrole nitrogens is 2. The zero-order valence-electron chi connectivity index (χ0n) is 23.3. The van der Waals surface area contributed by atoms with Crippen molar-refractivity contribution in [3.05, 3.63) is 83.1 Å². The molecule has 0 aliphatic carbocycles. The van der Waals surface area contributed by atoms with E-state index in [1.807, 2.05) is 30.5 Å². The van der Waals surface area contributed by atoms with Gasteiger partial charge in [0.2, 0.25) is 5.91 Å². The average molecular weight is 576 g/mol. The Morgan fingerprint density at radius 3 is 2.77 bits per heavy atom. The van der Waals surface area contributed by atoms with Crippen molar-refractivity contribution in [1.29, 1.82) is 0 Å². The molecule has 1 aromatic carbocycles. The maximum atomic E-state index is 13.6. The van der Waals surface area contributed by atoms with Crippen LogP contribution in [0.4, 0.5) is 10.1 Å². The monoisotopic (exact) mass is 575 g/mol. The number of aromatic nitrogens is 6. The summed E-state index contributed by atoms with van der Waals surface area (Å²) in [7, 11) is 0. The lowest BCUT2D eigenvalue weighted by Crippen LogP contribution is -2.30. The minimum atomic E-state index is -0.306. The number of fused-ring (bicyclic) bond motifs is 2. The minimum absolute atomic E-state index is 0.00740. The number of carbonyl (C=O) groups excluding carboxylic acids is 1. The van der Waals surface area contributed by atoms with Crippen LogP contribution in [0.15, 0.2) is 61.2 Å². The highest BCUT2D eigenvalue weighted by atomic mass is 19.1. The predicted molar refractivity (Wildman–Crippen MR) is 164 cm³/mol. The highest BCUT2D eigenvalue weighted by Crippen LogP contribution is 2.27. The van der Waals surface area contributed by atoms with Crippen LogP contribution in [0, 0.1) is 11.7 Å². The maximum absolute atomic E-state index is 13.6. The molecule has 10 nitrogen and oxygen atoms in total. The molecule has 0 bridgehead atoms. The zero-order valence-corrected chi connectivity index (χ0v) is 23.3. The number of piperidine rings is 1. The number of carbonyl (C=O) groups is 1. The van der Waals surface area contributed by atoms with Crippen LogP contribution in [0.1, 0.15) is 24.8 Å². The summed E-state index contributed by atoms with van der Waals surface area (Å²) < 4.78 is 13.6. The van der Waals surface area contributed by atoms with Gasteiger partial charge in [-0.25, -0.2) is 9.37 Å². The van der Waals surface area contributed by atoms with Gasteiger partial charge < -0.3 is 20.9 Å². The number of hydrogen-bond acceptors (Lipinski definition) is 7. The second-order valence-corrected chi connectivity index (χ2v) is 10.8. The molecule has 0 unspecified atom stereocenters. The van der Waals surface area contributed by atoms with Crippen molar-refractivity contribution < 1.29 is 9.18 Å². The first-order valence-corrected chi connectivity index (χ1v) is 14.4. The molecule has 0 spiro atoms. The molecule has 1 amide bonds. The highest BCUT2D eigenvalue weighted by molar-refractivity contribution is 5.94. The van der Waals surface area contributed by atoms with Crippen LogP contribution in [-0.4, -0.2) is 55.7 Å². The Balaban J connectivity index is 1.22. The number of amides is 1. The number of rotatable bonds is 6. The molecule has 2 aliphatic heterocycles. The second kappa shape index (κ2) is 11.6. The number of imidazole rings is 1. The Kier molecular flexibility index (Phi) is 7.22. The van der Waals surface area contributed by atoms with E-state index in [4.69, 9.17) is 4.98 Å². The lowest BCUT2D eigenvalue weighted by molar-refractivity contribution is -0.117. The number of hydrogen-bond donors (Lipinski definition) is 5. The molecule has 0 atom stereocenters. The van der Waals surface area contributed by atoms with E-state index in [0.29, 0.717) is 47.3 Å². The zero-order chi connectivity index (χ0) is 29.2. The first kappa shape index (κ1) is 26.7. The molecule has 11 heteroatoms. The third kappa shape index (κ3) is 5.67. The number of anilines is 1. The third-order valence-corrected chi connectivity index (χ3v) is 7.85. The van der Waals surface area contributed by atoms with Crippen molar-refractivity contribution >= 4 is 40.4 Å². The summed E-state index contributed by atoms with van der Waals surface area (Å²) in [4.78, 5) is 30.0. The van der Waals surface area contributed by atoms with Gasteiger partial charge in [0.1, 0.15) is 17.0 Å². The fraction of sp³-hybridized carbons (Fsp3) is 0.219. The molecule has 0 saturated carbocycles. The van der Waals surface area contributed by atoms with E-state index < -0.39 is 0 Å². The third-order valence-electron chi connectivity index (χ3n) is 7.85. The van der Waals surface area contributed by atoms with Crippen molar-refractivity contribution in [2.45, 2.75) is 19.3 Å². The second-order valence-electron chi connectivity index (χ2n) is 10.8. The smallest absolute Gasteiger partial charge is 0.224 e. The summed E-state index contributed by atoms with van der Waals surface area (Å²) in [6, 6.07) is 10.0. The number of halogens is 1. The number of allylic oxidation sites excluding steroid dienone is 1. The molecular weight excluding hydrogens is 545 g/mol. The van der Waals surface area contributed by atoms with Crippen molar-refractivity contribution in [3.63, 3.8) is 0 Å². The van der Waals surface area contributed by atoms with Gasteiger partial charge in [0.15, 0.2) is 5.82 Å². The first-order chi connectivity index (χ1) is 21.1. The van der Waals surface area contributed by atoms with Crippen LogP contribution in [-0.2, 0) is 4.79 Å². The molecule has 1 fully saturated rings. The van der Waals surface area contributed by atoms with Crippen molar-refractivity contribution in [2.75, 3.05) is 25.0 Å². The van der Waals surface area contributed by atoms with Gasteiger partial charge in [0, 0.05) is 47.9 Å². The van der Waals surface area contributed by atoms with Crippen LogP contribution in [0.2, 0.25) is 0 Å². The Hall–Kier alpha value is -5.16. The fourth-order valence-electron chi connectivity index (χ4n) is 5.63. The number of nitrogens with one attached hydrogen (secondary N) is 5. The van der Waals surface area contributed by atoms with Gasteiger partial charge in [-0.15, -0.1) is 0 Å². The number of aromatic amines is 2. The Labute approximate surface area is 246 Å². The molecule has 4 aromatic heterocycles. The summed E-state index contributed by atoms with van der Waals surface area (Å²) in [5.41, 5.74) is 5.93. The van der Waals surface area contributed by atoms with Crippen LogP contribution >= 0.6 is 0 Å². The molecule has 6 heterocycles. The largest absolute Gasteiger partial charge is 0.387 e.